The molecule has 21 heavy (non-hydrogen) atoms. The molecule has 2 aromatic carbocycles. The highest BCUT2D eigenvalue weighted by molar-refractivity contribution is 6.42. The average Bonchev–Trinajstić information content (AvgIpc) is 2.45. The number of hydrogen-bond acceptors (Lipinski definition) is 2. The maximum Gasteiger partial charge on any atom is 0.319 e. The van der Waals surface area contributed by atoms with E-state index in [2.05, 4.69) is 10.6 Å². The number of benzene rings is 2. The number of amides is 2. The van der Waals surface area contributed by atoms with Gasteiger partial charge in [0.05, 0.1) is 10.0 Å². The third kappa shape index (κ3) is 4.85. The van der Waals surface area contributed by atoms with Crippen molar-refractivity contribution in [2.24, 2.45) is 0 Å². The summed E-state index contributed by atoms with van der Waals surface area (Å²) in [6.07, 6.45) is 0.676. The van der Waals surface area contributed by atoms with Crippen LogP contribution in [-0.4, -0.2) is 17.7 Å². The van der Waals surface area contributed by atoms with E-state index < -0.39 is 0 Å². The number of phenols is 1. The zero-order valence-electron chi connectivity index (χ0n) is 11.1. The minimum absolute atomic E-state index is 0.226. The number of phenolic OH excluding ortho intramolecular Hbond substituents is 1. The molecule has 0 aliphatic heterocycles. The van der Waals surface area contributed by atoms with Gasteiger partial charge < -0.3 is 15.7 Å². The number of carbonyl (C=O) groups excluding carboxylic acids is 1. The van der Waals surface area contributed by atoms with Crippen LogP contribution in [0.1, 0.15) is 5.56 Å². The number of aromatic hydroxyl groups is 1. The van der Waals surface area contributed by atoms with E-state index in [9.17, 15) is 9.90 Å². The number of anilines is 1. The van der Waals surface area contributed by atoms with Crippen LogP contribution in [0.3, 0.4) is 0 Å². The van der Waals surface area contributed by atoms with Crippen LogP contribution in [0.5, 0.6) is 5.75 Å². The lowest BCUT2D eigenvalue weighted by Crippen LogP contribution is -2.30. The van der Waals surface area contributed by atoms with E-state index in [1.54, 1.807) is 30.3 Å². The monoisotopic (exact) mass is 324 g/mol. The van der Waals surface area contributed by atoms with Crippen LogP contribution in [0.15, 0.2) is 42.5 Å². The van der Waals surface area contributed by atoms with Crippen molar-refractivity contribution < 1.29 is 9.90 Å². The predicted molar refractivity (Wildman–Crippen MR) is 85.3 cm³/mol. The first kappa shape index (κ1) is 15.5. The molecule has 0 aliphatic rings. The molecule has 0 fully saturated rings. The van der Waals surface area contributed by atoms with Crippen LogP contribution in [0.2, 0.25) is 10.0 Å². The van der Waals surface area contributed by atoms with Gasteiger partial charge in [-0.25, -0.2) is 4.79 Å². The fourth-order valence-electron chi connectivity index (χ4n) is 1.73. The van der Waals surface area contributed by atoms with Crippen molar-refractivity contribution in [2.45, 2.75) is 6.42 Å². The van der Waals surface area contributed by atoms with Gasteiger partial charge in [0.1, 0.15) is 5.75 Å². The van der Waals surface area contributed by atoms with Crippen LogP contribution >= 0.6 is 23.2 Å². The maximum absolute atomic E-state index is 11.7. The SMILES string of the molecule is O=C(NCCc1ccc(O)cc1)Nc1ccc(Cl)c(Cl)c1. The summed E-state index contributed by atoms with van der Waals surface area (Å²) in [6, 6.07) is 11.4. The molecule has 0 atom stereocenters. The van der Waals surface area contributed by atoms with Crippen LogP contribution in [-0.2, 0) is 6.42 Å². The van der Waals surface area contributed by atoms with Crippen molar-refractivity contribution in [2.75, 3.05) is 11.9 Å². The zero-order valence-corrected chi connectivity index (χ0v) is 12.6. The molecule has 0 heterocycles. The Balaban J connectivity index is 1.79. The standard InChI is InChI=1S/C15H14Cl2N2O2/c16-13-6-3-11(9-14(13)17)19-15(21)18-8-7-10-1-4-12(20)5-2-10/h1-6,9,20H,7-8H2,(H2,18,19,21). The molecule has 2 rings (SSSR count). The van der Waals surface area contributed by atoms with Gasteiger partial charge in [-0.05, 0) is 42.3 Å². The van der Waals surface area contributed by atoms with E-state index in [1.165, 1.54) is 0 Å². The quantitative estimate of drug-likeness (QED) is 0.794. The largest absolute Gasteiger partial charge is 0.508 e. The lowest BCUT2D eigenvalue weighted by molar-refractivity contribution is 0.252. The molecule has 110 valence electrons. The molecule has 0 aliphatic carbocycles. The summed E-state index contributed by atoms with van der Waals surface area (Å²) in [5.74, 6) is 0.226. The van der Waals surface area contributed by atoms with Gasteiger partial charge in [0.15, 0.2) is 0 Å². The lowest BCUT2D eigenvalue weighted by atomic mass is 10.1. The Bertz CT molecular complexity index is 630. The summed E-state index contributed by atoms with van der Waals surface area (Å²) in [5.41, 5.74) is 1.61. The van der Waals surface area contributed by atoms with Crippen LogP contribution in [0.4, 0.5) is 10.5 Å². The minimum atomic E-state index is -0.313. The molecule has 4 nitrogen and oxygen atoms in total. The van der Waals surface area contributed by atoms with E-state index in [0.717, 1.165) is 5.56 Å². The molecule has 0 radical (unpaired) electrons. The van der Waals surface area contributed by atoms with E-state index in [-0.39, 0.29) is 11.8 Å². The molecule has 0 aromatic heterocycles. The smallest absolute Gasteiger partial charge is 0.319 e. The number of rotatable bonds is 4. The Morgan fingerprint density at radius 1 is 1.05 bits per heavy atom. The van der Waals surface area contributed by atoms with Gasteiger partial charge in [-0.2, -0.15) is 0 Å². The van der Waals surface area contributed by atoms with Crippen molar-refractivity contribution >= 4 is 34.9 Å². The van der Waals surface area contributed by atoms with Crippen LogP contribution in [0.25, 0.3) is 0 Å². The highest BCUT2D eigenvalue weighted by Gasteiger charge is 2.04. The van der Waals surface area contributed by atoms with Crippen molar-refractivity contribution in [3.8, 4) is 5.75 Å². The highest BCUT2D eigenvalue weighted by atomic mass is 35.5. The van der Waals surface area contributed by atoms with Crippen molar-refractivity contribution in [3.05, 3.63) is 58.1 Å². The van der Waals surface area contributed by atoms with Gasteiger partial charge in [-0.15, -0.1) is 0 Å². The molecular formula is C15H14Cl2N2O2. The summed E-state index contributed by atoms with van der Waals surface area (Å²) < 4.78 is 0. The molecule has 2 amide bonds. The van der Waals surface area contributed by atoms with Gasteiger partial charge in [-0.1, -0.05) is 35.3 Å². The fourth-order valence-corrected chi connectivity index (χ4v) is 2.03. The first-order valence-electron chi connectivity index (χ1n) is 6.32. The van der Waals surface area contributed by atoms with Crippen molar-refractivity contribution in [1.29, 1.82) is 0 Å². The molecule has 0 spiro atoms. The van der Waals surface area contributed by atoms with Gasteiger partial charge >= 0.3 is 6.03 Å². The second-order valence-electron chi connectivity index (χ2n) is 4.43. The first-order valence-corrected chi connectivity index (χ1v) is 7.08. The van der Waals surface area contributed by atoms with E-state index in [0.29, 0.717) is 28.7 Å². The molecule has 3 N–H and O–H groups in total. The molecule has 0 saturated carbocycles. The lowest BCUT2D eigenvalue weighted by Gasteiger charge is -2.08. The molecule has 2 aromatic rings. The highest BCUT2D eigenvalue weighted by Crippen LogP contribution is 2.24. The Labute approximate surface area is 132 Å². The zero-order chi connectivity index (χ0) is 15.2. The predicted octanol–water partition coefficient (Wildman–Crippen LogP) is 4.06. The molecule has 0 unspecified atom stereocenters. The Morgan fingerprint density at radius 3 is 2.43 bits per heavy atom. The number of nitrogens with one attached hydrogen (secondary N) is 2. The number of carbonyl (C=O) groups is 1. The Kier molecular flexibility index (Phi) is 5.31. The Hall–Kier alpha value is -1.91. The molecular weight excluding hydrogens is 311 g/mol. The van der Waals surface area contributed by atoms with Gasteiger partial charge in [0.25, 0.3) is 0 Å². The van der Waals surface area contributed by atoms with Crippen LogP contribution < -0.4 is 10.6 Å². The summed E-state index contributed by atoms with van der Waals surface area (Å²) >= 11 is 11.7. The number of urea groups is 1. The van der Waals surface area contributed by atoms with Gasteiger partial charge in [0.2, 0.25) is 0 Å². The summed E-state index contributed by atoms with van der Waals surface area (Å²) in [6.45, 7) is 0.484. The minimum Gasteiger partial charge on any atom is -0.508 e. The van der Waals surface area contributed by atoms with E-state index in [4.69, 9.17) is 23.2 Å². The number of halogens is 2. The first-order chi connectivity index (χ1) is 10.0. The Morgan fingerprint density at radius 2 is 1.76 bits per heavy atom. The third-order valence-electron chi connectivity index (χ3n) is 2.81. The normalized spacial score (nSPS) is 10.2. The topological polar surface area (TPSA) is 61.4 Å². The average molecular weight is 325 g/mol. The van der Waals surface area contributed by atoms with Crippen molar-refractivity contribution in [3.63, 3.8) is 0 Å². The third-order valence-corrected chi connectivity index (χ3v) is 3.55. The number of hydrogen-bond donors (Lipinski definition) is 3. The molecule has 0 saturated heterocycles. The second-order valence-corrected chi connectivity index (χ2v) is 5.24. The summed E-state index contributed by atoms with van der Waals surface area (Å²) in [7, 11) is 0. The van der Waals surface area contributed by atoms with Crippen molar-refractivity contribution in [1.82, 2.24) is 5.32 Å². The van der Waals surface area contributed by atoms with Gasteiger partial charge in [0, 0.05) is 12.2 Å². The fraction of sp³-hybridized carbons (Fsp3) is 0.133. The maximum atomic E-state index is 11.7. The molecule has 0 bridgehead atoms. The van der Waals surface area contributed by atoms with E-state index in [1.807, 2.05) is 12.1 Å². The summed E-state index contributed by atoms with van der Waals surface area (Å²) in [5, 5.41) is 15.4. The van der Waals surface area contributed by atoms with Gasteiger partial charge in [-0.3, -0.25) is 0 Å². The van der Waals surface area contributed by atoms with Crippen LogP contribution in [0, 0.1) is 0 Å². The molecule has 6 heteroatoms. The van der Waals surface area contributed by atoms with E-state index >= 15 is 0 Å². The second kappa shape index (κ2) is 7.20. The summed E-state index contributed by atoms with van der Waals surface area (Å²) in [4.78, 5) is 11.7.